The van der Waals surface area contributed by atoms with E-state index in [4.69, 9.17) is 5.11 Å². The van der Waals surface area contributed by atoms with E-state index < -0.39 is 5.97 Å². The van der Waals surface area contributed by atoms with Gasteiger partial charge in [-0.25, -0.2) is 4.79 Å². The molecule has 0 amide bonds. The molecule has 0 aromatic carbocycles. The van der Waals surface area contributed by atoms with Gasteiger partial charge < -0.3 is 10.1 Å². The van der Waals surface area contributed by atoms with Gasteiger partial charge >= 0.3 is 5.97 Å². The van der Waals surface area contributed by atoms with Crippen LogP contribution in [0.4, 0.5) is 0 Å². The highest BCUT2D eigenvalue weighted by Crippen LogP contribution is 1.92. The normalized spacial score (nSPS) is 9.00. The number of carboxylic acids is 1. The average Bonchev–Trinajstić information content (AvgIpc) is 2.12. The second-order valence-corrected chi connectivity index (χ2v) is 1.34. The molecule has 0 saturated carbocycles. The van der Waals surface area contributed by atoms with Gasteiger partial charge in [-0.05, 0) is 6.07 Å². The minimum Gasteiger partial charge on any atom is -0.478 e. The van der Waals surface area contributed by atoms with Crippen molar-refractivity contribution in [3.8, 4) is 0 Å². The highest BCUT2D eigenvalue weighted by atomic mass is 16.4. The van der Waals surface area contributed by atoms with Crippen molar-refractivity contribution in [1.29, 1.82) is 0 Å². The molecule has 0 unspecified atom stereocenters. The summed E-state index contributed by atoms with van der Waals surface area (Å²) in [6, 6.07) is 1.38. The van der Waals surface area contributed by atoms with Crippen LogP contribution in [0.15, 0.2) is 12.3 Å². The number of aromatic amines is 1. The minimum atomic E-state index is -0.928. The SMILES string of the molecule is O=C(O)c1c[c][nH]c1. The molecule has 0 bridgehead atoms. The molecule has 0 spiro atoms. The molecule has 3 heteroatoms. The molecule has 2 N–H and O–H groups in total. The molecule has 1 rings (SSSR count). The van der Waals surface area contributed by atoms with Crippen molar-refractivity contribution in [1.82, 2.24) is 4.98 Å². The summed E-state index contributed by atoms with van der Waals surface area (Å²) in [6.07, 6.45) is 3.88. The zero-order chi connectivity index (χ0) is 5.98. The Balaban J connectivity index is 2.93. The predicted octanol–water partition coefficient (Wildman–Crippen LogP) is 0.513. The first-order valence-electron chi connectivity index (χ1n) is 2.08. The van der Waals surface area contributed by atoms with Gasteiger partial charge in [0.05, 0.1) is 11.8 Å². The molecule has 41 valence electrons. The molecule has 0 aliphatic heterocycles. The second-order valence-electron chi connectivity index (χ2n) is 1.34. The number of hydrogen-bond donors (Lipinski definition) is 2. The Morgan fingerprint density at radius 1 is 1.88 bits per heavy atom. The van der Waals surface area contributed by atoms with Crippen molar-refractivity contribution < 1.29 is 9.90 Å². The zero-order valence-electron chi connectivity index (χ0n) is 4.01. The molecule has 0 fully saturated rings. The molecule has 8 heavy (non-hydrogen) atoms. The molecule has 0 saturated heterocycles. The number of aromatic carboxylic acids is 1. The topological polar surface area (TPSA) is 53.1 Å². The summed E-state index contributed by atoms with van der Waals surface area (Å²) in [7, 11) is 0. The van der Waals surface area contributed by atoms with E-state index >= 15 is 0 Å². The van der Waals surface area contributed by atoms with Crippen LogP contribution in [0.5, 0.6) is 0 Å². The number of aromatic nitrogens is 1. The molecule has 0 aliphatic rings. The smallest absolute Gasteiger partial charge is 0.337 e. The Kier molecular flexibility index (Phi) is 1.04. The van der Waals surface area contributed by atoms with E-state index in [-0.39, 0.29) is 5.56 Å². The molecule has 3 nitrogen and oxygen atoms in total. The van der Waals surface area contributed by atoms with E-state index in [1.165, 1.54) is 12.3 Å². The summed E-state index contributed by atoms with van der Waals surface area (Å²) in [5.74, 6) is -0.928. The van der Waals surface area contributed by atoms with Gasteiger partial charge in [-0.15, -0.1) is 0 Å². The van der Waals surface area contributed by atoms with Crippen LogP contribution in [-0.2, 0) is 0 Å². The monoisotopic (exact) mass is 110 g/mol. The van der Waals surface area contributed by atoms with Crippen LogP contribution in [0.1, 0.15) is 10.4 Å². The van der Waals surface area contributed by atoms with Gasteiger partial charge in [0.15, 0.2) is 0 Å². The van der Waals surface area contributed by atoms with Crippen LogP contribution >= 0.6 is 0 Å². The van der Waals surface area contributed by atoms with Gasteiger partial charge in [0, 0.05) is 6.20 Å². The van der Waals surface area contributed by atoms with E-state index in [2.05, 4.69) is 11.2 Å². The van der Waals surface area contributed by atoms with Crippen molar-refractivity contribution in [2.75, 3.05) is 0 Å². The number of H-pyrrole nitrogens is 1. The Hall–Kier alpha value is -1.25. The van der Waals surface area contributed by atoms with E-state index in [1.807, 2.05) is 0 Å². The van der Waals surface area contributed by atoms with Gasteiger partial charge in [0.1, 0.15) is 0 Å². The fraction of sp³-hybridized carbons (Fsp3) is 0. The fourth-order valence-electron chi connectivity index (χ4n) is 0.404. The maximum absolute atomic E-state index is 10.0. The van der Waals surface area contributed by atoms with Crippen molar-refractivity contribution in [2.45, 2.75) is 0 Å². The van der Waals surface area contributed by atoms with Crippen LogP contribution in [0, 0.1) is 6.20 Å². The van der Waals surface area contributed by atoms with Crippen LogP contribution < -0.4 is 0 Å². The maximum Gasteiger partial charge on any atom is 0.337 e. The van der Waals surface area contributed by atoms with E-state index in [1.54, 1.807) is 0 Å². The third kappa shape index (κ3) is 0.703. The molecule has 1 radical (unpaired) electrons. The largest absolute Gasteiger partial charge is 0.478 e. The summed E-state index contributed by atoms with van der Waals surface area (Å²) in [5.41, 5.74) is 0.241. The van der Waals surface area contributed by atoms with E-state index in [9.17, 15) is 4.79 Å². The number of carbonyl (C=O) groups is 1. The summed E-state index contributed by atoms with van der Waals surface area (Å²) < 4.78 is 0. The highest BCUT2D eigenvalue weighted by molar-refractivity contribution is 5.87. The van der Waals surface area contributed by atoms with Crippen molar-refractivity contribution in [2.24, 2.45) is 0 Å². The molecular weight excluding hydrogens is 106 g/mol. The number of nitrogens with one attached hydrogen (secondary N) is 1. The van der Waals surface area contributed by atoms with Crippen molar-refractivity contribution >= 4 is 5.97 Å². The van der Waals surface area contributed by atoms with Crippen LogP contribution in [0.3, 0.4) is 0 Å². The Morgan fingerprint density at radius 3 is 2.88 bits per heavy atom. The standard InChI is InChI=1S/C5H4NO2/c7-5(8)4-1-2-6-3-4/h1,3,6H,(H,7,8). The Morgan fingerprint density at radius 2 is 2.62 bits per heavy atom. The summed E-state index contributed by atoms with van der Waals surface area (Å²) in [4.78, 5) is 12.5. The quantitative estimate of drug-likeness (QED) is 0.553. The average molecular weight is 110 g/mol. The maximum atomic E-state index is 10.0. The molecule has 0 aliphatic carbocycles. The van der Waals surface area contributed by atoms with Crippen molar-refractivity contribution in [3.63, 3.8) is 0 Å². The van der Waals surface area contributed by atoms with Gasteiger partial charge in [-0.1, -0.05) is 0 Å². The Bertz CT molecular complexity index is 178. The summed E-state index contributed by atoms with van der Waals surface area (Å²) in [6.45, 7) is 0. The number of carboxylic acid groups (broad SMARTS) is 1. The lowest BCUT2D eigenvalue weighted by Gasteiger charge is -1.78. The van der Waals surface area contributed by atoms with Gasteiger partial charge in [0.2, 0.25) is 0 Å². The summed E-state index contributed by atoms with van der Waals surface area (Å²) >= 11 is 0. The van der Waals surface area contributed by atoms with Crippen LogP contribution in [0.2, 0.25) is 0 Å². The van der Waals surface area contributed by atoms with Crippen molar-refractivity contribution in [3.05, 3.63) is 24.0 Å². The lowest BCUT2D eigenvalue weighted by atomic mass is 10.4. The van der Waals surface area contributed by atoms with Gasteiger partial charge in [0.25, 0.3) is 0 Å². The van der Waals surface area contributed by atoms with E-state index in [0.29, 0.717) is 0 Å². The second kappa shape index (κ2) is 1.69. The summed E-state index contributed by atoms with van der Waals surface area (Å²) in [5, 5.41) is 8.23. The molecular formula is C5H4NO2. The zero-order valence-corrected chi connectivity index (χ0v) is 4.01. The third-order valence-electron chi connectivity index (χ3n) is 0.786. The first-order chi connectivity index (χ1) is 3.80. The molecule has 1 aromatic heterocycles. The highest BCUT2D eigenvalue weighted by Gasteiger charge is 1.98. The third-order valence-corrected chi connectivity index (χ3v) is 0.786. The van der Waals surface area contributed by atoms with Gasteiger partial charge in [-0.2, -0.15) is 0 Å². The number of hydrogen-bond acceptors (Lipinski definition) is 1. The van der Waals surface area contributed by atoms with Crippen LogP contribution in [-0.4, -0.2) is 16.1 Å². The fourth-order valence-corrected chi connectivity index (χ4v) is 0.404. The van der Waals surface area contributed by atoms with Gasteiger partial charge in [-0.3, -0.25) is 0 Å². The van der Waals surface area contributed by atoms with Crippen LogP contribution in [0.25, 0.3) is 0 Å². The lowest BCUT2D eigenvalue weighted by molar-refractivity contribution is 0.0697. The first kappa shape index (κ1) is 4.90. The lowest BCUT2D eigenvalue weighted by Crippen LogP contribution is -1.91. The molecule has 0 atom stereocenters. The first-order valence-corrected chi connectivity index (χ1v) is 2.08. The predicted molar refractivity (Wildman–Crippen MR) is 26.6 cm³/mol. The Labute approximate surface area is 46.0 Å². The number of rotatable bonds is 1. The molecule has 1 aromatic rings. The minimum absolute atomic E-state index is 0.241. The molecule has 1 heterocycles. The van der Waals surface area contributed by atoms with E-state index in [0.717, 1.165) is 0 Å².